The molecule has 0 aliphatic rings. The maximum atomic E-state index is 13.3. The van der Waals surface area contributed by atoms with Gasteiger partial charge >= 0.3 is 0 Å². The van der Waals surface area contributed by atoms with Crippen LogP contribution in [0.4, 0.5) is 11.6 Å². The maximum absolute atomic E-state index is 13.3. The van der Waals surface area contributed by atoms with E-state index in [0.29, 0.717) is 32.9 Å². The number of benzene rings is 3. The first-order valence-electron chi connectivity index (χ1n) is 13.3. The van der Waals surface area contributed by atoms with Crippen molar-refractivity contribution in [1.29, 1.82) is 0 Å². The molecule has 0 fully saturated rings. The molecule has 0 aliphatic heterocycles. The summed E-state index contributed by atoms with van der Waals surface area (Å²) in [5, 5.41) is 5.98. The van der Waals surface area contributed by atoms with Gasteiger partial charge in [0.15, 0.2) is 27.8 Å². The quantitative estimate of drug-likeness (QED) is 0.176. The van der Waals surface area contributed by atoms with E-state index in [2.05, 4.69) is 20.6 Å². The van der Waals surface area contributed by atoms with Crippen LogP contribution in [0.1, 0.15) is 20.0 Å². The summed E-state index contributed by atoms with van der Waals surface area (Å²) in [6.07, 6.45) is 2.89. The zero-order valence-electron chi connectivity index (χ0n) is 22.6. The van der Waals surface area contributed by atoms with Crippen molar-refractivity contribution >= 4 is 55.5 Å². The molecular formula is C31H25N5O5S2. The van der Waals surface area contributed by atoms with Crippen LogP contribution in [-0.4, -0.2) is 46.9 Å². The van der Waals surface area contributed by atoms with Gasteiger partial charge < -0.3 is 14.3 Å². The summed E-state index contributed by atoms with van der Waals surface area (Å²) < 4.78 is 33.2. The van der Waals surface area contributed by atoms with Crippen LogP contribution in [0.25, 0.3) is 21.7 Å². The molecule has 0 saturated carbocycles. The Labute approximate surface area is 251 Å². The highest BCUT2D eigenvalue weighted by molar-refractivity contribution is 7.91. The number of carbonyl (C=O) groups is 2. The number of sulfone groups is 1. The van der Waals surface area contributed by atoms with E-state index in [1.807, 2.05) is 18.2 Å². The maximum Gasteiger partial charge on any atom is 0.268 e. The largest absolute Gasteiger partial charge is 0.443 e. The lowest BCUT2D eigenvalue weighted by atomic mass is 10.1. The average molecular weight is 612 g/mol. The van der Waals surface area contributed by atoms with Gasteiger partial charge in [-0.15, -0.1) is 11.3 Å². The summed E-state index contributed by atoms with van der Waals surface area (Å²) in [6.45, 7) is 0.136. The van der Waals surface area contributed by atoms with Crippen molar-refractivity contribution in [2.45, 2.75) is 11.4 Å². The van der Waals surface area contributed by atoms with Crippen LogP contribution in [0.2, 0.25) is 0 Å². The van der Waals surface area contributed by atoms with Crippen molar-refractivity contribution < 1.29 is 22.4 Å². The number of anilines is 2. The fourth-order valence-electron chi connectivity index (χ4n) is 4.52. The van der Waals surface area contributed by atoms with Crippen LogP contribution in [0.15, 0.2) is 113 Å². The fourth-order valence-corrected chi connectivity index (χ4v) is 6.60. The Morgan fingerprint density at radius 3 is 2.44 bits per heavy atom. The van der Waals surface area contributed by atoms with Gasteiger partial charge in [0.2, 0.25) is 5.95 Å². The predicted octanol–water partition coefficient (Wildman–Crippen LogP) is 5.77. The van der Waals surface area contributed by atoms with Gasteiger partial charge in [-0.25, -0.2) is 18.4 Å². The highest BCUT2D eigenvalue weighted by atomic mass is 32.2. The first-order valence-corrected chi connectivity index (χ1v) is 15.7. The molecule has 0 atom stereocenters. The topological polar surface area (TPSA) is 136 Å². The molecule has 43 heavy (non-hydrogen) atoms. The number of thiophene rings is 1. The van der Waals surface area contributed by atoms with Crippen molar-refractivity contribution in [2.75, 3.05) is 22.9 Å². The molecule has 0 spiro atoms. The Kier molecular flexibility index (Phi) is 7.86. The van der Waals surface area contributed by atoms with Gasteiger partial charge in [0.25, 0.3) is 5.91 Å². The molecule has 0 bridgehead atoms. The van der Waals surface area contributed by atoms with E-state index < -0.39 is 15.7 Å². The number of oxazole rings is 1. The number of hydrogen-bond acceptors (Lipinski definition) is 9. The van der Waals surface area contributed by atoms with Crippen LogP contribution in [-0.2, 0) is 16.4 Å². The monoisotopic (exact) mass is 611 g/mol. The highest BCUT2D eigenvalue weighted by Crippen LogP contribution is 2.29. The minimum Gasteiger partial charge on any atom is -0.443 e. The lowest BCUT2D eigenvalue weighted by Gasteiger charge is -2.11. The first-order chi connectivity index (χ1) is 20.9. The number of nitrogens with zero attached hydrogens (tertiary/aromatic N) is 3. The second kappa shape index (κ2) is 12.0. The summed E-state index contributed by atoms with van der Waals surface area (Å²) >= 11 is 1.23. The third-order valence-electron chi connectivity index (χ3n) is 6.71. The SMILES string of the molecule is O=C(CNc1ccc2c(c1)nc(NC(=O)c1ccc(-c3cnco3)s1)n2CCS(=O)(=O)c1ccccc1)c1ccccc1. The third kappa shape index (κ3) is 6.25. The van der Waals surface area contributed by atoms with Gasteiger partial charge in [-0.3, -0.25) is 14.9 Å². The fraction of sp³-hybridized carbons (Fsp3) is 0.0968. The molecule has 3 aromatic heterocycles. The third-order valence-corrected chi connectivity index (χ3v) is 9.52. The second-order valence-electron chi connectivity index (χ2n) is 9.55. The van der Waals surface area contributed by atoms with Crippen molar-refractivity contribution in [3.63, 3.8) is 0 Å². The minimum absolute atomic E-state index is 0.0519. The van der Waals surface area contributed by atoms with Crippen LogP contribution in [0.5, 0.6) is 0 Å². The summed E-state index contributed by atoms with van der Waals surface area (Å²) in [6, 6.07) is 26.0. The molecule has 0 unspecified atom stereocenters. The van der Waals surface area contributed by atoms with Crippen molar-refractivity contribution in [1.82, 2.24) is 14.5 Å². The van der Waals surface area contributed by atoms with Crippen molar-refractivity contribution in [2.24, 2.45) is 0 Å². The summed E-state index contributed by atoms with van der Waals surface area (Å²) in [4.78, 5) is 35.8. The molecule has 3 heterocycles. The Balaban J connectivity index is 1.27. The van der Waals surface area contributed by atoms with Gasteiger partial charge in [0.05, 0.1) is 44.2 Å². The number of ketones is 1. The van der Waals surface area contributed by atoms with E-state index in [9.17, 15) is 18.0 Å². The average Bonchev–Trinajstić information content (AvgIpc) is 3.80. The normalized spacial score (nSPS) is 11.4. The molecular weight excluding hydrogens is 587 g/mol. The van der Waals surface area contributed by atoms with E-state index in [-0.39, 0.29) is 35.5 Å². The molecule has 1 amide bonds. The number of fused-ring (bicyclic) bond motifs is 1. The molecule has 0 saturated heterocycles. The van der Waals surface area contributed by atoms with Gasteiger partial charge in [-0.05, 0) is 42.5 Å². The Morgan fingerprint density at radius 2 is 1.70 bits per heavy atom. The van der Waals surface area contributed by atoms with Gasteiger partial charge in [0, 0.05) is 17.8 Å². The van der Waals surface area contributed by atoms with Crippen LogP contribution in [0.3, 0.4) is 0 Å². The van der Waals surface area contributed by atoms with E-state index in [1.165, 1.54) is 17.7 Å². The number of imidazole rings is 1. The summed E-state index contributed by atoms with van der Waals surface area (Å²) in [5.41, 5.74) is 2.42. The van der Waals surface area contributed by atoms with Crippen LogP contribution in [0, 0.1) is 0 Å². The Hall–Kier alpha value is -5.07. The molecule has 0 radical (unpaired) electrons. The predicted molar refractivity (Wildman–Crippen MR) is 165 cm³/mol. The van der Waals surface area contributed by atoms with E-state index >= 15 is 0 Å². The standard InChI is InChI=1S/C31H25N5O5S2/c37-26(21-7-3-1-4-8-21)18-33-22-11-12-25-24(17-22)34-31(36(25)15-16-43(39,40)23-9-5-2-6-10-23)35-30(38)29-14-13-28(42-29)27-19-32-20-41-27/h1-14,17,19-20,33H,15-16,18H2,(H,34,35,38). The number of carbonyl (C=O) groups excluding carboxylic acids is 2. The molecule has 216 valence electrons. The zero-order chi connectivity index (χ0) is 29.8. The highest BCUT2D eigenvalue weighted by Gasteiger charge is 2.20. The molecule has 10 nitrogen and oxygen atoms in total. The van der Waals surface area contributed by atoms with Gasteiger partial charge in [-0.1, -0.05) is 48.5 Å². The number of hydrogen-bond donors (Lipinski definition) is 2. The van der Waals surface area contributed by atoms with E-state index in [0.717, 1.165) is 4.88 Å². The first kappa shape index (κ1) is 28.1. The molecule has 0 aliphatic carbocycles. The molecule has 2 N–H and O–H groups in total. The minimum atomic E-state index is -3.60. The van der Waals surface area contributed by atoms with Gasteiger partial charge in [-0.2, -0.15) is 0 Å². The number of nitrogens with one attached hydrogen (secondary N) is 2. The number of Topliss-reactive ketones (excluding diaryl/α,β-unsaturated/α-hetero) is 1. The molecule has 6 aromatic rings. The Morgan fingerprint density at radius 1 is 0.930 bits per heavy atom. The van der Waals surface area contributed by atoms with E-state index in [1.54, 1.807) is 83.6 Å². The summed E-state index contributed by atoms with van der Waals surface area (Å²) in [5.74, 6) is 0.0884. The zero-order valence-corrected chi connectivity index (χ0v) is 24.3. The number of rotatable bonds is 11. The summed E-state index contributed by atoms with van der Waals surface area (Å²) in [7, 11) is -3.60. The smallest absolute Gasteiger partial charge is 0.268 e. The van der Waals surface area contributed by atoms with Crippen LogP contribution >= 0.6 is 11.3 Å². The second-order valence-corrected chi connectivity index (χ2v) is 12.7. The van der Waals surface area contributed by atoms with Crippen LogP contribution < -0.4 is 10.6 Å². The van der Waals surface area contributed by atoms with Crippen molar-refractivity contribution in [3.05, 3.63) is 114 Å². The number of aromatic nitrogens is 3. The van der Waals surface area contributed by atoms with E-state index in [4.69, 9.17) is 4.42 Å². The molecule has 3 aromatic carbocycles. The Bertz CT molecular complexity index is 2000. The van der Waals surface area contributed by atoms with Crippen molar-refractivity contribution in [3.8, 4) is 10.6 Å². The lowest BCUT2D eigenvalue weighted by Crippen LogP contribution is -2.18. The number of aryl methyl sites for hydroxylation is 1. The van der Waals surface area contributed by atoms with Gasteiger partial charge in [0.1, 0.15) is 0 Å². The number of amides is 1. The lowest BCUT2D eigenvalue weighted by molar-refractivity contribution is 0.100. The molecule has 12 heteroatoms. The molecule has 6 rings (SSSR count).